The van der Waals surface area contributed by atoms with Crippen LogP contribution in [0.3, 0.4) is 0 Å². The number of nitrogens with zero attached hydrogens (tertiary/aromatic N) is 1. The highest BCUT2D eigenvalue weighted by molar-refractivity contribution is 5.38. The summed E-state index contributed by atoms with van der Waals surface area (Å²) >= 11 is 0. The quantitative estimate of drug-likeness (QED) is 0.860. The smallest absolute Gasteiger partial charge is 0.129 e. The van der Waals surface area contributed by atoms with Crippen molar-refractivity contribution in [1.29, 1.82) is 0 Å². The zero-order valence-corrected chi connectivity index (χ0v) is 8.56. The highest BCUT2D eigenvalue weighted by Gasteiger charge is 2.01. The van der Waals surface area contributed by atoms with E-state index in [2.05, 4.69) is 4.98 Å². The van der Waals surface area contributed by atoms with Crippen molar-refractivity contribution in [3.8, 4) is 5.75 Å². The van der Waals surface area contributed by atoms with Crippen molar-refractivity contribution in [2.75, 3.05) is 5.73 Å². The van der Waals surface area contributed by atoms with E-state index in [9.17, 15) is 4.39 Å². The van der Waals surface area contributed by atoms with Crippen LogP contribution in [0.15, 0.2) is 42.6 Å². The molecular formula is C12H11FN2O. The largest absolute Gasteiger partial charge is 0.489 e. The van der Waals surface area contributed by atoms with Gasteiger partial charge < -0.3 is 10.5 Å². The van der Waals surface area contributed by atoms with Gasteiger partial charge in [-0.3, -0.25) is 0 Å². The molecule has 0 unspecified atom stereocenters. The van der Waals surface area contributed by atoms with Crippen LogP contribution in [0.1, 0.15) is 5.56 Å². The normalized spacial score (nSPS) is 10.1. The molecule has 0 fully saturated rings. The van der Waals surface area contributed by atoms with E-state index in [4.69, 9.17) is 10.5 Å². The SMILES string of the molecule is Nc1ncccc1COc1cccc(F)c1. The summed E-state index contributed by atoms with van der Waals surface area (Å²) in [7, 11) is 0. The van der Waals surface area contributed by atoms with Gasteiger partial charge in [-0.25, -0.2) is 9.37 Å². The van der Waals surface area contributed by atoms with Crippen molar-refractivity contribution in [3.63, 3.8) is 0 Å². The number of hydrogen-bond acceptors (Lipinski definition) is 3. The summed E-state index contributed by atoms with van der Waals surface area (Å²) in [4.78, 5) is 3.93. The Balaban J connectivity index is 2.05. The minimum Gasteiger partial charge on any atom is -0.489 e. The fourth-order valence-electron chi connectivity index (χ4n) is 1.29. The summed E-state index contributed by atoms with van der Waals surface area (Å²) in [5.74, 6) is 0.582. The predicted octanol–water partition coefficient (Wildman–Crippen LogP) is 2.38. The van der Waals surface area contributed by atoms with E-state index in [0.717, 1.165) is 5.56 Å². The lowest BCUT2D eigenvalue weighted by Gasteiger charge is -2.07. The molecule has 0 aliphatic carbocycles. The Bertz CT molecular complexity index is 488. The van der Waals surface area contributed by atoms with Gasteiger partial charge in [-0.15, -0.1) is 0 Å². The lowest BCUT2D eigenvalue weighted by Crippen LogP contribution is -2.01. The fraction of sp³-hybridized carbons (Fsp3) is 0.0833. The van der Waals surface area contributed by atoms with Gasteiger partial charge in [0.1, 0.15) is 24.0 Å². The number of nitrogens with two attached hydrogens (primary N) is 1. The number of nitrogen functional groups attached to an aromatic ring is 1. The molecule has 0 radical (unpaired) electrons. The van der Waals surface area contributed by atoms with Crippen molar-refractivity contribution in [3.05, 3.63) is 54.0 Å². The second-order valence-corrected chi connectivity index (χ2v) is 3.29. The summed E-state index contributed by atoms with van der Waals surface area (Å²) in [6.07, 6.45) is 1.61. The maximum atomic E-state index is 12.9. The summed E-state index contributed by atoms with van der Waals surface area (Å²) < 4.78 is 18.2. The van der Waals surface area contributed by atoms with Crippen LogP contribution >= 0.6 is 0 Å². The van der Waals surface area contributed by atoms with Crippen LogP contribution in [0, 0.1) is 5.82 Å². The topological polar surface area (TPSA) is 48.1 Å². The Morgan fingerprint density at radius 1 is 1.25 bits per heavy atom. The molecule has 0 saturated heterocycles. The molecule has 82 valence electrons. The van der Waals surface area contributed by atoms with E-state index in [-0.39, 0.29) is 12.4 Å². The Morgan fingerprint density at radius 2 is 2.12 bits per heavy atom. The van der Waals surface area contributed by atoms with Crippen LogP contribution in [-0.2, 0) is 6.61 Å². The number of hydrogen-bond donors (Lipinski definition) is 1. The van der Waals surface area contributed by atoms with E-state index < -0.39 is 0 Å². The molecule has 1 heterocycles. The minimum atomic E-state index is -0.323. The number of benzene rings is 1. The van der Waals surface area contributed by atoms with Gasteiger partial charge in [-0.05, 0) is 18.2 Å². The molecule has 0 spiro atoms. The second-order valence-electron chi connectivity index (χ2n) is 3.29. The maximum Gasteiger partial charge on any atom is 0.129 e. The van der Waals surface area contributed by atoms with Gasteiger partial charge in [-0.1, -0.05) is 12.1 Å². The zero-order valence-electron chi connectivity index (χ0n) is 8.56. The molecule has 2 rings (SSSR count). The monoisotopic (exact) mass is 218 g/mol. The van der Waals surface area contributed by atoms with Crippen LogP contribution < -0.4 is 10.5 Å². The predicted molar refractivity (Wildman–Crippen MR) is 59.4 cm³/mol. The third-order valence-electron chi connectivity index (χ3n) is 2.12. The summed E-state index contributed by atoms with van der Waals surface area (Å²) in [5.41, 5.74) is 6.43. The number of ether oxygens (including phenoxy) is 1. The maximum absolute atomic E-state index is 12.9. The first-order valence-corrected chi connectivity index (χ1v) is 4.83. The molecule has 1 aromatic carbocycles. The highest BCUT2D eigenvalue weighted by atomic mass is 19.1. The number of anilines is 1. The Labute approximate surface area is 92.7 Å². The molecule has 3 nitrogen and oxygen atoms in total. The van der Waals surface area contributed by atoms with Gasteiger partial charge in [0, 0.05) is 17.8 Å². The number of rotatable bonds is 3. The number of aromatic nitrogens is 1. The van der Waals surface area contributed by atoms with E-state index in [1.807, 2.05) is 6.07 Å². The van der Waals surface area contributed by atoms with Gasteiger partial charge >= 0.3 is 0 Å². The van der Waals surface area contributed by atoms with Crippen LogP contribution in [0.2, 0.25) is 0 Å². The van der Waals surface area contributed by atoms with E-state index in [1.54, 1.807) is 24.4 Å². The molecule has 0 aliphatic heterocycles. The van der Waals surface area contributed by atoms with Gasteiger partial charge in [0.05, 0.1) is 0 Å². The van der Waals surface area contributed by atoms with Crippen molar-refractivity contribution in [2.45, 2.75) is 6.61 Å². The summed E-state index contributed by atoms with van der Waals surface area (Å²) in [6, 6.07) is 9.58. The lowest BCUT2D eigenvalue weighted by atomic mass is 10.3. The average molecular weight is 218 g/mol. The molecule has 0 atom stereocenters. The van der Waals surface area contributed by atoms with Crippen LogP contribution in [0.5, 0.6) is 5.75 Å². The van der Waals surface area contributed by atoms with Crippen LogP contribution in [-0.4, -0.2) is 4.98 Å². The third-order valence-corrected chi connectivity index (χ3v) is 2.12. The molecule has 2 aromatic rings. The fourth-order valence-corrected chi connectivity index (χ4v) is 1.29. The molecular weight excluding hydrogens is 207 g/mol. The Hall–Kier alpha value is -2.10. The molecule has 0 aliphatic rings. The Morgan fingerprint density at radius 3 is 2.88 bits per heavy atom. The summed E-state index contributed by atoms with van der Waals surface area (Å²) in [6.45, 7) is 0.281. The first kappa shape index (κ1) is 10.4. The molecule has 4 heteroatoms. The third kappa shape index (κ3) is 2.48. The molecule has 1 aromatic heterocycles. The molecule has 0 amide bonds. The molecule has 16 heavy (non-hydrogen) atoms. The Kier molecular flexibility index (Phi) is 3.00. The van der Waals surface area contributed by atoms with E-state index >= 15 is 0 Å². The lowest BCUT2D eigenvalue weighted by molar-refractivity contribution is 0.305. The first-order valence-electron chi connectivity index (χ1n) is 4.83. The number of pyridine rings is 1. The zero-order chi connectivity index (χ0) is 11.4. The summed E-state index contributed by atoms with van der Waals surface area (Å²) in [5, 5.41) is 0. The second kappa shape index (κ2) is 4.61. The van der Waals surface area contributed by atoms with Crippen LogP contribution in [0.4, 0.5) is 10.2 Å². The van der Waals surface area contributed by atoms with Gasteiger partial charge in [0.25, 0.3) is 0 Å². The number of halogens is 1. The molecule has 0 bridgehead atoms. The van der Waals surface area contributed by atoms with Gasteiger partial charge in [0.15, 0.2) is 0 Å². The van der Waals surface area contributed by atoms with E-state index in [1.165, 1.54) is 12.1 Å². The van der Waals surface area contributed by atoms with Crippen molar-refractivity contribution in [2.24, 2.45) is 0 Å². The molecule has 0 saturated carbocycles. The van der Waals surface area contributed by atoms with Crippen molar-refractivity contribution in [1.82, 2.24) is 4.98 Å². The van der Waals surface area contributed by atoms with Crippen molar-refractivity contribution >= 4 is 5.82 Å². The van der Waals surface area contributed by atoms with Crippen molar-refractivity contribution < 1.29 is 9.13 Å². The first-order chi connectivity index (χ1) is 7.75. The van der Waals surface area contributed by atoms with Gasteiger partial charge in [0.2, 0.25) is 0 Å². The van der Waals surface area contributed by atoms with Gasteiger partial charge in [-0.2, -0.15) is 0 Å². The highest BCUT2D eigenvalue weighted by Crippen LogP contribution is 2.15. The minimum absolute atomic E-state index is 0.281. The van der Waals surface area contributed by atoms with E-state index in [0.29, 0.717) is 11.6 Å². The molecule has 2 N–H and O–H groups in total. The average Bonchev–Trinajstić information content (AvgIpc) is 2.28. The van der Waals surface area contributed by atoms with Crippen LogP contribution in [0.25, 0.3) is 0 Å². The standard InChI is InChI=1S/C12H11FN2O/c13-10-4-1-5-11(7-10)16-8-9-3-2-6-15-12(9)14/h1-7H,8H2,(H2,14,15).